The Bertz CT molecular complexity index is 1240. The van der Waals surface area contributed by atoms with Gasteiger partial charge in [-0.25, -0.2) is 4.98 Å². The fourth-order valence-corrected chi connectivity index (χ4v) is 3.42. The molecule has 1 amide bonds. The molecular formula is C23H24N4O3. The number of para-hydroxylation sites is 1. The summed E-state index contributed by atoms with van der Waals surface area (Å²) in [7, 11) is 4.02. The highest BCUT2D eigenvalue weighted by Gasteiger charge is 2.14. The second-order valence-corrected chi connectivity index (χ2v) is 7.47. The lowest BCUT2D eigenvalue weighted by Gasteiger charge is -2.12. The van der Waals surface area contributed by atoms with E-state index < -0.39 is 0 Å². The van der Waals surface area contributed by atoms with E-state index in [2.05, 4.69) is 39.5 Å². The van der Waals surface area contributed by atoms with E-state index in [1.54, 1.807) is 6.07 Å². The molecule has 1 N–H and O–H groups in total. The number of benzene rings is 2. The smallest absolute Gasteiger partial charge is 0.297 e. The molecule has 7 nitrogen and oxygen atoms in total. The van der Waals surface area contributed by atoms with Crippen LogP contribution in [0, 0.1) is 0 Å². The van der Waals surface area contributed by atoms with Crippen LogP contribution in [0.3, 0.4) is 0 Å². The summed E-state index contributed by atoms with van der Waals surface area (Å²) in [4.78, 5) is 31.3. The summed E-state index contributed by atoms with van der Waals surface area (Å²) in [5, 5.41) is 3.66. The molecule has 4 aromatic rings. The van der Waals surface area contributed by atoms with Crippen molar-refractivity contribution in [2.75, 3.05) is 25.5 Å². The van der Waals surface area contributed by atoms with Crippen molar-refractivity contribution in [3.8, 4) is 0 Å². The average Bonchev–Trinajstić information content (AvgIpc) is 3.13. The van der Waals surface area contributed by atoms with E-state index in [0.717, 1.165) is 23.9 Å². The van der Waals surface area contributed by atoms with Crippen molar-refractivity contribution in [2.45, 2.75) is 19.4 Å². The van der Waals surface area contributed by atoms with E-state index >= 15 is 0 Å². The van der Waals surface area contributed by atoms with Crippen LogP contribution in [-0.4, -0.2) is 36.1 Å². The number of aromatic nitrogens is 2. The molecule has 30 heavy (non-hydrogen) atoms. The van der Waals surface area contributed by atoms with Gasteiger partial charge in [0.25, 0.3) is 5.56 Å². The van der Waals surface area contributed by atoms with Crippen molar-refractivity contribution in [3.63, 3.8) is 0 Å². The number of aryl methyl sites for hydroxylation is 1. The van der Waals surface area contributed by atoms with E-state index in [1.165, 1.54) is 16.5 Å². The summed E-state index contributed by atoms with van der Waals surface area (Å²) in [5.74, 6) is -0.225. The molecule has 0 bridgehead atoms. The van der Waals surface area contributed by atoms with Crippen molar-refractivity contribution >= 4 is 33.7 Å². The number of nitrogens with one attached hydrogen (secondary N) is 1. The van der Waals surface area contributed by atoms with Gasteiger partial charge in [-0.05, 0) is 42.7 Å². The first kappa shape index (κ1) is 19.7. The second kappa shape index (κ2) is 8.41. The monoisotopic (exact) mass is 404 g/mol. The molecule has 2 aromatic carbocycles. The lowest BCUT2D eigenvalue weighted by atomic mass is 10.1. The zero-order chi connectivity index (χ0) is 21.1. The first-order chi connectivity index (χ1) is 14.5. The molecule has 0 aliphatic heterocycles. The van der Waals surface area contributed by atoms with Gasteiger partial charge >= 0.3 is 0 Å². The number of anilines is 1. The minimum atomic E-state index is -0.354. The van der Waals surface area contributed by atoms with Crippen molar-refractivity contribution in [2.24, 2.45) is 0 Å². The molecule has 0 saturated carbocycles. The Morgan fingerprint density at radius 3 is 2.67 bits per heavy atom. The van der Waals surface area contributed by atoms with Crippen LogP contribution in [0.5, 0.6) is 0 Å². The van der Waals surface area contributed by atoms with Gasteiger partial charge in [-0.3, -0.25) is 14.2 Å². The van der Waals surface area contributed by atoms with Crippen LogP contribution in [0.4, 0.5) is 5.69 Å². The fraction of sp³-hybridized carbons (Fsp3) is 0.261. The fourth-order valence-electron chi connectivity index (χ4n) is 3.42. The van der Waals surface area contributed by atoms with Crippen molar-refractivity contribution in [1.29, 1.82) is 0 Å². The molecule has 2 heterocycles. The van der Waals surface area contributed by atoms with E-state index in [-0.39, 0.29) is 23.6 Å². The van der Waals surface area contributed by atoms with Crippen LogP contribution >= 0.6 is 0 Å². The molecule has 0 fully saturated rings. The number of furan rings is 1. The molecule has 0 radical (unpaired) electrons. The predicted octanol–water partition coefficient (Wildman–Crippen LogP) is 2.96. The van der Waals surface area contributed by atoms with Crippen LogP contribution in [0.2, 0.25) is 0 Å². The highest BCUT2D eigenvalue weighted by molar-refractivity contribution is 6.01. The normalized spacial score (nSPS) is 11.1. The molecule has 2 aromatic heterocycles. The van der Waals surface area contributed by atoms with Gasteiger partial charge in [0.1, 0.15) is 17.6 Å². The van der Waals surface area contributed by atoms with Gasteiger partial charge in [0.05, 0.1) is 6.33 Å². The van der Waals surface area contributed by atoms with Crippen molar-refractivity contribution < 1.29 is 9.21 Å². The molecule has 0 saturated heterocycles. The molecular weight excluding hydrogens is 380 g/mol. The van der Waals surface area contributed by atoms with Crippen molar-refractivity contribution in [3.05, 3.63) is 70.8 Å². The number of fused-ring (bicyclic) bond motifs is 3. The quantitative estimate of drug-likeness (QED) is 0.479. The number of rotatable bonds is 7. The maximum atomic E-state index is 12.7. The summed E-state index contributed by atoms with van der Waals surface area (Å²) >= 11 is 0. The highest BCUT2D eigenvalue weighted by Crippen LogP contribution is 2.23. The minimum absolute atomic E-state index is 0.0870. The predicted molar refractivity (Wildman–Crippen MR) is 118 cm³/mol. The molecule has 0 unspecified atom stereocenters. The summed E-state index contributed by atoms with van der Waals surface area (Å²) in [6.07, 6.45) is 3.10. The van der Waals surface area contributed by atoms with Crippen LogP contribution in [0.25, 0.3) is 22.1 Å². The van der Waals surface area contributed by atoms with Crippen LogP contribution in [0.15, 0.2) is 64.1 Å². The lowest BCUT2D eigenvalue weighted by Crippen LogP contribution is -2.33. The van der Waals surface area contributed by atoms with Gasteiger partial charge in [0.2, 0.25) is 11.5 Å². The maximum Gasteiger partial charge on any atom is 0.297 e. The van der Waals surface area contributed by atoms with Gasteiger partial charge in [-0.2, -0.15) is 0 Å². The SMILES string of the molecule is CN(C)c1ccc(CCCNC(=O)Cn2cnc3c(oc4ccccc43)c2=O)cc1. The molecule has 0 aliphatic rings. The zero-order valence-corrected chi connectivity index (χ0v) is 17.1. The molecule has 0 aliphatic carbocycles. The average molecular weight is 404 g/mol. The summed E-state index contributed by atoms with van der Waals surface area (Å²) in [6.45, 7) is 0.458. The summed E-state index contributed by atoms with van der Waals surface area (Å²) in [5.41, 5.74) is 3.34. The second-order valence-electron chi connectivity index (χ2n) is 7.47. The van der Waals surface area contributed by atoms with E-state index in [4.69, 9.17) is 4.42 Å². The molecule has 7 heteroatoms. The van der Waals surface area contributed by atoms with Crippen molar-refractivity contribution in [1.82, 2.24) is 14.9 Å². The summed E-state index contributed by atoms with van der Waals surface area (Å²) in [6, 6.07) is 15.7. The zero-order valence-electron chi connectivity index (χ0n) is 17.1. The van der Waals surface area contributed by atoms with Crippen LogP contribution < -0.4 is 15.8 Å². The Balaban J connectivity index is 1.34. The van der Waals surface area contributed by atoms with Crippen LogP contribution in [0.1, 0.15) is 12.0 Å². The first-order valence-electron chi connectivity index (χ1n) is 9.92. The van der Waals surface area contributed by atoms with E-state index in [1.807, 2.05) is 32.3 Å². The Hall–Kier alpha value is -3.61. The summed E-state index contributed by atoms with van der Waals surface area (Å²) < 4.78 is 6.92. The largest absolute Gasteiger partial charge is 0.448 e. The van der Waals surface area contributed by atoms with Gasteiger partial charge in [0, 0.05) is 31.7 Å². The topological polar surface area (TPSA) is 80.4 Å². The number of amides is 1. The molecule has 154 valence electrons. The molecule has 0 spiro atoms. The van der Waals surface area contributed by atoms with Crippen LogP contribution in [-0.2, 0) is 17.8 Å². The molecule has 4 rings (SSSR count). The Morgan fingerprint density at radius 1 is 1.13 bits per heavy atom. The van der Waals surface area contributed by atoms with Gasteiger partial charge in [-0.1, -0.05) is 24.3 Å². The highest BCUT2D eigenvalue weighted by atomic mass is 16.3. The number of hydrogen-bond acceptors (Lipinski definition) is 5. The lowest BCUT2D eigenvalue weighted by molar-refractivity contribution is -0.121. The minimum Gasteiger partial charge on any atom is -0.448 e. The van der Waals surface area contributed by atoms with Gasteiger partial charge < -0.3 is 14.6 Å². The Morgan fingerprint density at radius 2 is 1.90 bits per heavy atom. The third-order valence-electron chi connectivity index (χ3n) is 5.08. The van der Waals surface area contributed by atoms with Gasteiger partial charge in [0.15, 0.2) is 0 Å². The first-order valence-corrected chi connectivity index (χ1v) is 9.92. The number of hydrogen-bond donors (Lipinski definition) is 1. The standard InChI is InChI=1S/C23H24N4O3/c1-26(2)17-11-9-16(10-12-17)6-5-13-24-20(28)14-27-15-25-21-18-7-3-4-8-19(18)30-22(21)23(27)29/h3-4,7-12,15H,5-6,13-14H2,1-2H3,(H,24,28). The Labute approximate surface area is 173 Å². The number of carbonyl (C=O) groups is 1. The Kier molecular flexibility index (Phi) is 5.52. The number of nitrogens with zero attached hydrogens (tertiary/aromatic N) is 3. The number of carbonyl (C=O) groups excluding carboxylic acids is 1. The van der Waals surface area contributed by atoms with Gasteiger partial charge in [-0.15, -0.1) is 0 Å². The van der Waals surface area contributed by atoms with E-state index in [0.29, 0.717) is 17.6 Å². The maximum absolute atomic E-state index is 12.7. The third kappa shape index (κ3) is 4.05. The van der Waals surface area contributed by atoms with E-state index in [9.17, 15) is 9.59 Å². The molecule has 0 atom stereocenters. The third-order valence-corrected chi connectivity index (χ3v) is 5.08.